The van der Waals surface area contributed by atoms with Crippen molar-refractivity contribution in [2.75, 3.05) is 13.7 Å². The minimum Gasteiger partial charge on any atom is -0.494 e. The quantitative estimate of drug-likeness (QED) is 0.207. The number of rotatable bonds is 7. The lowest BCUT2D eigenvalue weighted by molar-refractivity contribution is -0.00294. The SMILES string of the molecule is COc1cc(C(N)=O)cc2c(CC3(c4cc(C(C)(C)O)c(F)c(-c5c[nH]c6c(F)cccc56)c4F)CCCO3)c(C)nnc12. The van der Waals surface area contributed by atoms with Crippen LogP contribution in [0.5, 0.6) is 5.75 Å². The molecule has 11 heteroatoms. The van der Waals surface area contributed by atoms with Crippen LogP contribution in [0.25, 0.3) is 32.9 Å². The largest absolute Gasteiger partial charge is 0.494 e. The van der Waals surface area contributed by atoms with Crippen LogP contribution in [-0.4, -0.2) is 39.9 Å². The number of hydrogen-bond acceptors (Lipinski definition) is 6. The van der Waals surface area contributed by atoms with E-state index < -0.39 is 40.1 Å². The number of aromatic amines is 1. The van der Waals surface area contributed by atoms with Crippen molar-refractivity contribution >= 4 is 27.7 Å². The van der Waals surface area contributed by atoms with E-state index >= 15 is 8.78 Å². The van der Waals surface area contributed by atoms with Gasteiger partial charge >= 0.3 is 0 Å². The number of aryl methyl sites for hydroxylation is 1. The van der Waals surface area contributed by atoms with E-state index in [1.54, 1.807) is 19.1 Å². The highest BCUT2D eigenvalue weighted by Crippen LogP contribution is 2.47. The summed E-state index contributed by atoms with van der Waals surface area (Å²) in [6.45, 7) is 4.86. The van der Waals surface area contributed by atoms with Crippen molar-refractivity contribution in [1.29, 1.82) is 0 Å². The first kappa shape index (κ1) is 29.6. The van der Waals surface area contributed by atoms with E-state index in [1.807, 2.05) is 0 Å². The molecule has 1 atom stereocenters. The van der Waals surface area contributed by atoms with Gasteiger partial charge in [-0.25, -0.2) is 13.2 Å². The number of carbonyl (C=O) groups excluding carboxylic acids is 1. The van der Waals surface area contributed by atoms with Crippen LogP contribution in [0.15, 0.2) is 42.6 Å². The highest BCUT2D eigenvalue weighted by Gasteiger charge is 2.43. The summed E-state index contributed by atoms with van der Waals surface area (Å²) in [6.07, 6.45) is 2.37. The van der Waals surface area contributed by atoms with Gasteiger partial charge < -0.3 is 25.3 Å². The van der Waals surface area contributed by atoms with E-state index in [9.17, 15) is 14.3 Å². The number of aliphatic hydroxyl groups is 1. The van der Waals surface area contributed by atoms with Crippen molar-refractivity contribution < 1.29 is 32.5 Å². The Kier molecular flexibility index (Phi) is 7.13. The van der Waals surface area contributed by atoms with Gasteiger partial charge in [0.2, 0.25) is 5.91 Å². The van der Waals surface area contributed by atoms with Crippen molar-refractivity contribution in [3.63, 3.8) is 0 Å². The molecule has 1 saturated heterocycles. The number of fused-ring (bicyclic) bond motifs is 2. The van der Waals surface area contributed by atoms with Crippen molar-refractivity contribution in [3.05, 3.63) is 88.0 Å². The molecule has 0 spiro atoms. The fourth-order valence-electron chi connectivity index (χ4n) is 6.25. The molecule has 1 aliphatic rings. The topological polar surface area (TPSA) is 123 Å². The summed E-state index contributed by atoms with van der Waals surface area (Å²) in [4.78, 5) is 15.0. The van der Waals surface area contributed by atoms with Gasteiger partial charge in [0.05, 0.1) is 29.5 Å². The standard InChI is InChI=1S/C33H31F3N4O4/c1-16-20(19-11-17(31(37)41)12-25(43-4)30(19)40-39-16)14-33(9-6-10-44-33)23-13-22(32(2,3)42)27(35)26(28(23)36)21-15-38-29-18(21)7-5-8-24(29)34/h5,7-8,11-13,15,38,42H,6,9-10,14H2,1-4H3,(H2,37,41). The Bertz CT molecular complexity index is 1960. The fraction of sp³-hybridized carbons (Fsp3) is 0.303. The summed E-state index contributed by atoms with van der Waals surface area (Å²) in [5.74, 6) is -2.79. The summed E-state index contributed by atoms with van der Waals surface area (Å²) in [6, 6.07) is 8.68. The molecule has 2 aromatic heterocycles. The van der Waals surface area contributed by atoms with Crippen LogP contribution >= 0.6 is 0 Å². The Morgan fingerprint density at radius 1 is 1.16 bits per heavy atom. The number of H-pyrrole nitrogens is 1. The summed E-state index contributed by atoms with van der Waals surface area (Å²) >= 11 is 0. The molecule has 5 aromatic rings. The first-order chi connectivity index (χ1) is 20.9. The lowest BCUT2D eigenvalue weighted by atomic mass is 9.79. The third-order valence-electron chi connectivity index (χ3n) is 8.49. The average molecular weight is 605 g/mol. The van der Waals surface area contributed by atoms with Crippen molar-refractivity contribution in [2.24, 2.45) is 5.73 Å². The van der Waals surface area contributed by atoms with Gasteiger partial charge in [-0.3, -0.25) is 4.79 Å². The van der Waals surface area contributed by atoms with Crippen molar-refractivity contribution in [2.45, 2.75) is 51.2 Å². The Hall–Kier alpha value is -4.48. The van der Waals surface area contributed by atoms with Gasteiger partial charge in [-0.1, -0.05) is 12.1 Å². The average Bonchev–Trinajstić information content (AvgIpc) is 3.62. The number of halogens is 3. The van der Waals surface area contributed by atoms with Crippen LogP contribution in [0.2, 0.25) is 0 Å². The predicted molar refractivity (Wildman–Crippen MR) is 159 cm³/mol. The summed E-state index contributed by atoms with van der Waals surface area (Å²) in [5, 5.41) is 20.5. The van der Waals surface area contributed by atoms with E-state index in [0.29, 0.717) is 41.6 Å². The summed E-state index contributed by atoms with van der Waals surface area (Å²) < 4.78 is 59.7. The van der Waals surface area contributed by atoms with Gasteiger partial charge in [-0.15, -0.1) is 5.10 Å². The van der Waals surface area contributed by atoms with Gasteiger partial charge in [0, 0.05) is 52.3 Å². The number of nitrogens with one attached hydrogen (secondary N) is 1. The van der Waals surface area contributed by atoms with Crippen LogP contribution in [0, 0.1) is 24.4 Å². The number of nitrogens with two attached hydrogens (primary N) is 1. The number of primary amides is 1. The molecule has 3 heterocycles. The molecule has 0 aliphatic carbocycles. The molecule has 4 N–H and O–H groups in total. The van der Waals surface area contributed by atoms with Gasteiger partial charge in [0.15, 0.2) is 0 Å². The van der Waals surface area contributed by atoms with Crippen LogP contribution in [-0.2, 0) is 22.4 Å². The molecule has 3 aromatic carbocycles. The molecule has 228 valence electrons. The van der Waals surface area contributed by atoms with Crippen molar-refractivity contribution in [3.8, 4) is 16.9 Å². The van der Waals surface area contributed by atoms with Gasteiger partial charge in [0.25, 0.3) is 0 Å². The lowest BCUT2D eigenvalue weighted by Gasteiger charge is -2.33. The van der Waals surface area contributed by atoms with Crippen LogP contribution < -0.4 is 10.5 Å². The highest BCUT2D eigenvalue weighted by molar-refractivity contribution is 6.00. The van der Waals surface area contributed by atoms with E-state index in [1.165, 1.54) is 51.4 Å². The number of carbonyl (C=O) groups is 1. The molecule has 6 rings (SSSR count). The van der Waals surface area contributed by atoms with Crippen LogP contribution in [0.1, 0.15) is 59.4 Å². The number of methoxy groups -OCH3 is 1. The van der Waals surface area contributed by atoms with E-state index in [2.05, 4.69) is 15.2 Å². The number of aromatic nitrogens is 3. The molecule has 0 radical (unpaired) electrons. The minimum atomic E-state index is -1.71. The highest BCUT2D eigenvalue weighted by atomic mass is 19.1. The predicted octanol–water partition coefficient (Wildman–Crippen LogP) is 6.09. The first-order valence-electron chi connectivity index (χ1n) is 14.1. The molecule has 1 fully saturated rings. The molecule has 1 unspecified atom stereocenters. The number of hydrogen-bond donors (Lipinski definition) is 3. The molecule has 8 nitrogen and oxygen atoms in total. The molecular formula is C33H31F3N4O4. The number of para-hydroxylation sites is 1. The molecule has 0 bridgehead atoms. The Labute approximate surface area is 251 Å². The maximum absolute atomic E-state index is 17.0. The fourth-order valence-corrected chi connectivity index (χ4v) is 6.25. The third-order valence-corrected chi connectivity index (χ3v) is 8.49. The Morgan fingerprint density at radius 2 is 1.93 bits per heavy atom. The van der Waals surface area contributed by atoms with E-state index in [0.717, 1.165) is 0 Å². The van der Waals surface area contributed by atoms with Crippen LogP contribution in [0.3, 0.4) is 0 Å². The maximum Gasteiger partial charge on any atom is 0.248 e. The molecule has 44 heavy (non-hydrogen) atoms. The van der Waals surface area contributed by atoms with Gasteiger partial charge in [-0.2, -0.15) is 5.10 Å². The first-order valence-corrected chi connectivity index (χ1v) is 14.1. The molecule has 1 aliphatic heterocycles. The normalized spacial score (nSPS) is 17.1. The van der Waals surface area contributed by atoms with E-state index in [4.69, 9.17) is 15.2 Å². The zero-order chi connectivity index (χ0) is 31.6. The molecule has 1 amide bonds. The number of nitrogens with zero attached hydrogens (tertiary/aromatic N) is 2. The monoisotopic (exact) mass is 604 g/mol. The van der Waals surface area contributed by atoms with Gasteiger partial charge in [0.1, 0.15) is 34.3 Å². The number of amides is 1. The molecular weight excluding hydrogens is 573 g/mol. The third kappa shape index (κ3) is 4.67. The second kappa shape index (κ2) is 10.6. The van der Waals surface area contributed by atoms with E-state index in [-0.39, 0.29) is 45.3 Å². The lowest BCUT2D eigenvalue weighted by Crippen LogP contribution is -2.32. The second-order valence-corrected chi connectivity index (χ2v) is 11.7. The van der Waals surface area contributed by atoms with Gasteiger partial charge in [-0.05, 0) is 63.4 Å². The summed E-state index contributed by atoms with van der Waals surface area (Å²) in [5.41, 5.74) is 3.98. The van der Waals surface area contributed by atoms with Crippen molar-refractivity contribution in [1.82, 2.24) is 15.2 Å². The summed E-state index contributed by atoms with van der Waals surface area (Å²) in [7, 11) is 1.44. The maximum atomic E-state index is 17.0. The zero-order valence-electron chi connectivity index (χ0n) is 24.6. The minimum absolute atomic E-state index is 0.0386. The number of ether oxygens (including phenoxy) is 2. The molecule has 0 saturated carbocycles. The Morgan fingerprint density at radius 3 is 2.59 bits per heavy atom. The zero-order valence-corrected chi connectivity index (χ0v) is 24.6. The number of benzene rings is 3. The van der Waals surface area contributed by atoms with Crippen LogP contribution in [0.4, 0.5) is 13.2 Å². The Balaban J connectivity index is 1.63. The second-order valence-electron chi connectivity index (χ2n) is 11.7. The smallest absolute Gasteiger partial charge is 0.248 e.